The molecule has 2 rings (SSSR count). The zero-order valence-corrected chi connectivity index (χ0v) is 12.8. The maximum atomic E-state index is 6.45. The Labute approximate surface area is 116 Å². The van der Waals surface area contributed by atoms with Crippen LogP contribution in [0.25, 0.3) is 0 Å². The third-order valence-electron chi connectivity index (χ3n) is 3.53. The van der Waals surface area contributed by atoms with Gasteiger partial charge in [-0.25, -0.2) is 0 Å². The molecule has 0 bridgehead atoms. The van der Waals surface area contributed by atoms with E-state index in [-0.39, 0.29) is 6.04 Å². The summed E-state index contributed by atoms with van der Waals surface area (Å²) in [6.45, 7) is 3.34. The molecular weight excluding hydrogens is 298 g/mol. The first kappa shape index (κ1) is 13.5. The first-order valence-corrected chi connectivity index (χ1v) is 7.69. The van der Waals surface area contributed by atoms with E-state index < -0.39 is 0 Å². The predicted molar refractivity (Wildman–Crippen MR) is 77.5 cm³/mol. The highest BCUT2D eigenvalue weighted by atomic mass is 79.9. The van der Waals surface area contributed by atoms with Gasteiger partial charge in [0, 0.05) is 28.5 Å². The monoisotopic (exact) mass is 317 g/mol. The third kappa shape index (κ3) is 3.09. The largest absolute Gasteiger partial charge is 0.323 e. The second-order valence-electron chi connectivity index (χ2n) is 4.86. The molecule has 1 saturated heterocycles. The van der Waals surface area contributed by atoms with Crippen molar-refractivity contribution < 1.29 is 0 Å². The lowest BCUT2D eigenvalue weighted by Gasteiger charge is -2.32. The van der Waals surface area contributed by atoms with E-state index >= 15 is 0 Å². The van der Waals surface area contributed by atoms with Crippen LogP contribution in [-0.4, -0.2) is 49.6 Å². The lowest BCUT2D eigenvalue weighted by molar-refractivity contribution is 0.196. The fourth-order valence-corrected chi connectivity index (χ4v) is 4.04. The minimum atomic E-state index is 0.0844. The first-order chi connectivity index (χ1) is 8.09. The van der Waals surface area contributed by atoms with Gasteiger partial charge in [0.2, 0.25) is 0 Å². The molecule has 0 radical (unpaired) electrons. The van der Waals surface area contributed by atoms with Crippen LogP contribution in [0.5, 0.6) is 0 Å². The molecule has 2 N–H and O–H groups in total. The van der Waals surface area contributed by atoms with Crippen LogP contribution >= 0.6 is 27.3 Å². The molecule has 1 aliphatic rings. The van der Waals surface area contributed by atoms with Gasteiger partial charge in [-0.05, 0) is 60.5 Å². The molecule has 1 fully saturated rings. The Morgan fingerprint density at radius 2 is 2.18 bits per heavy atom. The van der Waals surface area contributed by atoms with E-state index in [0.29, 0.717) is 6.04 Å². The molecule has 1 aliphatic heterocycles. The highest BCUT2D eigenvalue weighted by molar-refractivity contribution is 9.10. The van der Waals surface area contributed by atoms with Crippen molar-refractivity contribution in [1.82, 2.24) is 9.80 Å². The molecule has 0 amide bonds. The Hall–Kier alpha value is 0.0600. The van der Waals surface area contributed by atoms with E-state index in [0.717, 1.165) is 17.6 Å². The molecule has 5 heteroatoms. The quantitative estimate of drug-likeness (QED) is 0.907. The standard InChI is InChI=1S/C12H20BrN3S/c1-15-4-3-5-16(2)11(6-15)12(14)9-7-17-8-10(9)13/h7-8,11-12H,3-6,14H2,1-2H3. The van der Waals surface area contributed by atoms with Gasteiger partial charge in [-0.2, -0.15) is 11.3 Å². The van der Waals surface area contributed by atoms with E-state index in [1.807, 2.05) is 0 Å². The van der Waals surface area contributed by atoms with Crippen molar-refractivity contribution in [3.8, 4) is 0 Å². The van der Waals surface area contributed by atoms with Crippen LogP contribution in [-0.2, 0) is 0 Å². The van der Waals surface area contributed by atoms with E-state index in [4.69, 9.17) is 5.73 Å². The van der Waals surface area contributed by atoms with Gasteiger partial charge in [-0.1, -0.05) is 0 Å². The fraction of sp³-hybridized carbons (Fsp3) is 0.667. The van der Waals surface area contributed by atoms with Crippen LogP contribution < -0.4 is 5.73 Å². The van der Waals surface area contributed by atoms with Crippen molar-refractivity contribution in [2.75, 3.05) is 33.7 Å². The molecule has 96 valence electrons. The maximum absolute atomic E-state index is 6.45. The summed E-state index contributed by atoms with van der Waals surface area (Å²) in [4.78, 5) is 4.78. The van der Waals surface area contributed by atoms with Gasteiger partial charge in [0.15, 0.2) is 0 Å². The Balaban J connectivity index is 2.16. The van der Waals surface area contributed by atoms with E-state index in [2.05, 4.69) is 50.6 Å². The number of thiophene rings is 1. The molecular formula is C12H20BrN3S. The second kappa shape index (κ2) is 5.80. The molecule has 0 saturated carbocycles. The van der Waals surface area contributed by atoms with Gasteiger partial charge in [0.1, 0.15) is 0 Å². The zero-order valence-electron chi connectivity index (χ0n) is 10.4. The summed E-state index contributed by atoms with van der Waals surface area (Å²) in [6, 6.07) is 0.481. The van der Waals surface area contributed by atoms with Crippen molar-refractivity contribution in [1.29, 1.82) is 0 Å². The number of nitrogens with zero attached hydrogens (tertiary/aromatic N) is 2. The summed E-state index contributed by atoms with van der Waals surface area (Å²) < 4.78 is 1.15. The molecule has 2 unspecified atom stereocenters. The molecule has 1 aromatic heterocycles. The van der Waals surface area contributed by atoms with Crippen LogP contribution in [0.15, 0.2) is 15.2 Å². The molecule has 17 heavy (non-hydrogen) atoms. The van der Waals surface area contributed by atoms with Gasteiger partial charge in [-0.3, -0.25) is 0 Å². The minimum absolute atomic E-state index is 0.0844. The fourth-order valence-electron chi connectivity index (χ4n) is 2.43. The summed E-state index contributed by atoms with van der Waals surface area (Å²) in [5, 5.41) is 4.27. The summed E-state index contributed by atoms with van der Waals surface area (Å²) in [5.41, 5.74) is 7.68. The van der Waals surface area contributed by atoms with Gasteiger partial charge in [0.25, 0.3) is 0 Å². The van der Waals surface area contributed by atoms with Crippen molar-refractivity contribution >= 4 is 27.3 Å². The number of halogens is 1. The van der Waals surface area contributed by atoms with Crippen molar-refractivity contribution in [2.45, 2.75) is 18.5 Å². The van der Waals surface area contributed by atoms with E-state index in [1.54, 1.807) is 11.3 Å². The average Bonchev–Trinajstić information content (AvgIpc) is 2.63. The molecule has 0 spiro atoms. The van der Waals surface area contributed by atoms with Crippen LogP contribution in [0, 0.1) is 0 Å². The Morgan fingerprint density at radius 3 is 2.82 bits per heavy atom. The predicted octanol–water partition coefficient (Wildman–Crippen LogP) is 2.15. The lowest BCUT2D eigenvalue weighted by atomic mass is 10.0. The van der Waals surface area contributed by atoms with Crippen LogP contribution in [0.3, 0.4) is 0 Å². The Bertz CT molecular complexity index is 368. The topological polar surface area (TPSA) is 32.5 Å². The smallest absolute Gasteiger partial charge is 0.0485 e. The summed E-state index contributed by atoms with van der Waals surface area (Å²) in [7, 11) is 4.37. The average molecular weight is 318 g/mol. The van der Waals surface area contributed by atoms with Crippen LogP contribution in [0.4, 0.5) is 0 Å². The second-order valence-corrected chi connectivity index (χ2v) is 6.46. The number of nitrogens with two attached hydrogens (primary N) is 1. The van der Waals surface area contributed by atoms with Gasteiger partial charge in [0.05, 0.1) is 0 Å². The van der Waals surface area contributed by atoms with Crippen molar-refractivity contribution in [3.05, 3.63) is 20.8 Å². The van der Waals surface area contributed by atoms with E-state index in [1.165, 1.54) is 18.5 Å². The van der Waals surface area contributed by atoms with Gasteiger partial charge >= 0.3 is 0 Å². The van der Waals surface area contributed by atoms with Crippen LogP contribution in [0.1, 0.15) is 18.0 Å². The van der Waals surface area contributed by atoms with Crippen LogP contribution in [0.2, 0.25) is 0 Å². The molecule has 0 aliphatic carbocycles. The van der Waals surface area contributed by atoms with Crippen molar-refractivity contribution in [3.63, 3.8) is 0 Å². The number of likely N-dealkylation sites (N-methyl/N-ethyl adjacent to an activating group) is 2. The number of hydrogen-bond acceptors (Lipinski definition) is 4. The third-order valence-corrected chi connectivity index (χ3v) is 5.28. The molecule has 2 heterocycles. The highest BCUT2D eigenvalue weighted by Gasteiger charge is 2.28. The molecule has 2 atom stereocenters. The summed E-state index contributed by atoms with van der Waals surface area (Å²) in [6.07, 6.45) is 1.22. The molecule has 1 aromatic rings. The highest BCUT2D eigenvalue weighted by Crippen LogP contribution is 2.30. The maximum Gasteiger partial charge on any atom is 0.0485 e. The molecule has 0 aromatic carbocycles. The summed E-state index contributed by atoms with van der Waals surface area (Å²) >= 11 is 5.29. The van der Waals surface area contributed by atoms with Gasteiger partial charge in [-0.15, -0.1) is 0 Å². The zero-order chi connectivity index (χ0) is 12.4. The van der Waals surface area contributed by atoms with E-state index in [9.17, 15) is 0 Å². The van der Waals surface area contributed by atoms with Crippen molar-refractivity contribution in [2.24, 2.45) is 5.73 Å². The first-order valence-electron chi connectivity index (χ1n) is 5.95. The Kier molecular flexibility index (Phi) is 4.60. The lowest BCUT2D eigenvalue weighted by Crippen LogP contribution is -2.45. The normalized spacial score (nSPS) is 25.8. The van der Waals surface area contributed by atoms with Gasteiger partial charge < -0.3 is 15.5 Å². The number of rotatable bonds is 2. The SMILES string of the molecule is CN1CCCN(C)C(C(N)c2cscc2Br)C1. The Morgan fingerprint density at radius 1 is 1.41 bits per heavy atom. The summed E-state index contributed by atoms with van der Waals surface area (Å²) in [5.74, 6) is 0. The minimum Gasteiger partial charge on any atom is -0.323 e. The molecule has 3 nitrogen and oxygen atoms in total. The number of hydrogen-bond donors (Lipinski definition) is 1.